The molecule has 7 nitrogen and oxygen atoms in total. The normalized spacial score (nSPS) is 14.1. The van der Waals surface area contributed by atoms with E-state index in [9.17, 15) is 4.21 Å². The largest absolute Gasteiger partial charge is 0.389 e. The van der Waals surface area contributed by atoms with Crippen LogP contribution in [0.15, 0.2) is 30.3 Å². The molecule has 25 heavy (non-hydrogen) atoms. The molecule has 0 amide bonds. The van der Waals surface area contributed by atoms with Gasteiger partial charge in [-0.2, -0.15) is 14.0 Å². The standard InChI is InChI=1S/C17H25N5O2S/c1-11-6-8-13(9-7-11)24-25(23)21-12(2)16(19)22-15(18)10-14(20-22)17(3,4)5/h6-10,12,19,21H,18H2,1-5H3. The lowest BCUT2D eigenvalue weighted by atomic mass is 9.92. The summed E-state index contributed by atoms with van der Waals surface area (Å²) in [6, 6.07) is 8.41. The van der Waals surface area contributed by atoms with Crippen molar-refractivity contribution in [2.75, 3.05) is 5.73 Å². The Morgan fingerprint density at radius 3 is 2.48 bits per heavy atom. The first-order valence-electron chi connectivity index (χ1n) is 7.95. The van der Waals surface area contributed by atoms with Gasteiger partial charge in [-0.15, -0.1) is 0 Å². The van der Waals surface area contributed by atoms with Gasteiger partial charge in [0.1, 0.15) is 17.4 Å². The molecule has 0 aliphatic carbocycles. The quantitative estimate of drug-likeness (QED) is 0.560. The topological polar surface area (TPSA) is 106 Å². The van der Waals surface area contributed by atoms with Crippen LogP contribution in [0.3, 0.4) is 0 Å². The monoisotopic (exact) mass is 363 g/mol. The van der Waals surface area contributed by atoms with Gasteiger partial charge in [-0.1, -0.05) is 38.5 Å². The van der Waals surface area contributed by atoms with Crippen LogP contribution in [0.5, 0.6) is 5.75 Å². The second-order valence-corrected chi connectivity index (χ2v) is 7.84. The smallest absolute Gasteiger partial charge is 0.288 e. The van der Waals surface area contributed by atoms with Gasteiger partial charge in [0, 0.05) is 11.5 Å². The molecule has 0 bridgehead atoms. The summed E-state index contributed by atoms with van der Waals surface area (Å²) in [6.07, 6.45) is 0. The zero-order valence-electron chi connectivity index (χ0n) is 15.2. The molecule has 136 valence electrons. The summed E-state index contributed by atoms with van der Waals surface area (Å²) in [5, 5.41) is 12.7. The van der Waals surface area contributed by atoms with Gasteiger partial charge in [-0.25, -0.2) is 4.68 Å². The number of hydrogen-bond acceptors (Lipinski definition) is 5. The summed E-state index contributed by atoms with van der Waals surface area (Å²) < 4.78 is 21.5. The summed E-state index contributed by atoms with van der Waals surface area (Å²) >= 11 is -1.79. The zero-order chi connectivity index (χ0) is 18.8. The third-order valence-electron chi connectivity index (χ3n) is 3.61. The summed E-state index contributed by atoms with van der Waals surface area (Å²) in [5.74, 6) is 0.950. The Kier molecular flexibility index (Phi) is 5.64. The summed E-state index contributed by atoms with van der Waals surface area (Å²) in [5.41, 5.74) is 7.68. The van der Waals surface area contributed by atoms with Gasteiger partial charge in [0.05, 0.1) is 11.7 Å². The zero-order valence-corrected chi connectivity index (χ0v) is 16.0. The average Bonchev–Trinajstić information content (AvgIpc) is 2.90. The fourth-order valence-electron chi connectivity index (χ4n) is 2.04. The number of nitrogens with two attached hydrogens (primary N) is 1. The molecule has 1 aromatic heterocycles. The number of hydrogen-bond donors (Lipinski definition) is 3. The highest BCUT2D eigenvalue weighted by Crippen LogP contribution is 2.22. The SMILES string of the molecule is Cc1ccc(OS(=O)NC(C)C(=N)n2nc(C(C)(C)C)cc2N)cc1. The lowest BCUT2D eigenvalue weighted by molar-refractivity contribution is 0.542. The molecule has 2 aromatic rings. The van der Waals surface area contributed by atoms with Crippen molar-refractivity contribution in [3.63, 3.8) is 0 Å². The van der Waals surface area contributed by atoms with Crippen LogP contribution < -0.4 is 14.6 Å². The van der Waals surface area contributed by atoms with E-state index in [-0.39, 0.29) is 11.3 Å². The van der Waals surface area contributed by atoms with Crippen molar-refractivity contribution in [1.82, 2.24) is 14.5 Å². The van der Waals surface area contributed by atoms with E-state index in [0.717, 1.165) is 11.3 Å². The Morgan fingerprint density at radius 1 is 1.36 bits per heavy atom. The van der Waals surface area contributed by atoms with Crippen molar-refractivity contribution < 1.29 is 8.39 Å². The molecule has 8 heteroatoms. The van der Waals surface area contributed by atoms with Crippen LogP contribution in [0.1, 0.15) is 39.0 Å². The van der Waals surface area contributed by atoms with Gasteiger partial charge in [-0.3, -0.25) is 5.41 Å². The molecule has 0 aliphatic heterocycles. The van der Waals surface area contributed by atoms with E-state index in [1.807, 2.05) is 39.8 Å². The van der Waals surface area contributed by atoms with Crippen LogP contribution in [0.2, 0.25) is 0 Å². The third kappa shape index (κ3) is 4.90. The number of rotatable bonds is 5. The number of nitrogen functional groups attached to an aromatic ring is 1. The van der Waals surface area contributed by atoms with E-state index in [0.29, 0.717) is 11.6 Å². The molecule has 0 radical (unpaired) electrons. The number of nitrogens with one attached hydrogen (secondary N) is 2. The molecule has 1 heterocycles. The first kappa shape index (κ1) is 19.1. The van der Waals surface area contributed by atoms with E-state index < -0.39 is 17.3 Å². The molecule has 4 N–H and O–H groups in total. The van der Waals surface area contributed by atoms with Crippen LogP contribution >= 0.6 is 0 Å². The molecule has 2 atom stereocenters. The second kappa shape index (κ2) is 7.37. The lowest BCUT2D eigenvalue weighted by Gasteiger charge is -2.16. The van der Waals surface area contributed by atoms with Crippen LogP contribution in [0.25, 0.3) is 0 Å². The van der Waals surface area contributed by atoms with Gasteiger partial charge in [0.15, 0.2) is 0 Å². The van der Waals surface area contributed by atoms with Gasteiger partial charge < -0.3 is 9.92 Å². The Morgan fingerprint density at radius 2 is 1.96 bits per heavy atom. The number of aryl methyl sites for hydroxylation is 1. The molecule has 2 unspecified atom stereocenters. The summed E-state index contributed by atoms with van der Waals surface area (Å²) in [7, 11) is 0. The van der Waals surface area contributed by atoms with E-state index in [1.165, 1.54) is 4.68 Å². The summed E-state index contributed by atoms with van der Waals surface area (Å²) in [4.78, 5) is 0. The minimum absolute atomic E-state index is 0.0915. The molecular formula is C17H25N5O2S. The Bertz CT molecular complexity index is 777. The predicted molar refractivity (Wildman–Crippen MR) is 101 cm³/mol. The van der Waals surface area contributed by atoms with Crippen molar-refractivity contribution in [2.45, 2.75) is 46.1 Å². The second-order valence-electron chi connectivity index (χ2n) is 6.97. The summed E-state index contributed by atoms with van der Waals surface area (Å²) in [6.45, 7) is 9.73. The predicted octanol–water partition coefficient (Wildman–Crippen LogP) is 2.53. The van der Waals surface area contributed by atoms with Crippen LogP contribution in [-0.2, 0) is 16.7 Å². The maximum atomic E-state index is 12.1. The molecule has 0 fully saturated rings. The van der Waals surface area contributed by atoms with Gasteiger partial charge in [0.25, 0.3) is 11.3 Å². The number of anilines is 1. The van der Waals surface area contributed by atoms with Gasteiger partial charge in [-0.05, 0) is 26.0 Å². The Labute approximate surface area is 150 Å². The fraction of sp³-hybridized carbons (Fsp3) is 0.412. The van der Waals surface area contributed by atoms with Crippen molar-refractivity contribution in [3.8, 4) is 5.75 Å². The van der Waals surface area contributed by atoms with Crippen molar-refractivity contribution in [1.29, 1.82) is 5.41 Å². The van der Waals surface area contributed by atoms with Gasteiger partial charge in [0.2, 0.25) is 0 Å². The number of nitrogens with zero attached hydrogens (tertiary/aromatic N) is 2. The van der Waals surface area contributed by atoms with E-state index in [2.05, 4.69) is 9.82 Å². The first-order valence-corrected chi connectivity index (χ1v) is 9.03. The Hall–Kier alpha value is -2.19. The van der Waals surface area contributed by atoms with E-state index >= 15 is 0 Å². The average molecular weight is 363 g/mol. The maximum Gasteiger partial charge on any atom is 0.288 e. The van der Waals surface area contributed by atoms with Crippen LogP contribution in [-0.4, -0.2) is 25.9 Å². The molecule has 0 saturated carbocycles. The highest BCUT2D eigenvalue weighted by Gasteiger charge is 2.23. The number of benzene rings is 1. The molecule has 2 rings (SSSR count). The van der Waals surface area contributed by atoms with Crippen molar-refractivity contribution in [3.05, 3.63) is 41.6 Å². The third-order valence-corrected chi connectivity index (χ3v) is 4.50. The van der Waals surface area contributed by atoms with E-state index in [4.69, 9.17) is 15.3 Å². The van der Waals surface area contributed by atoms with Crippen molar-refractivity contribution in [2.24, 2.45) is 0 Å². The van der Waals surface area contributed by atoms with Crippen LogP contribution in [0, 0.1) is 12.3 Å². The van der Waals surface area contributed by atoms with Crippen LogP contribution in [0.4, 0.5) is 5.82 Å². The molecule has 0 aliphatic rings. The highest BCUT2D eigenvalue weighted by atomic mass is 32.2. The lowest BCUT2D eigenvalue weighted by Crippen LogP contribution is -2.40. The van der Waals surface area contributed by atoms with Gasteiger partial charge >= 0.3 is 0 Å². The minimum atomic E-state index is -1.79. The molecule has 0 saturated heterocycles. The Balaban J connectivity index is 2.03. The minimum Gasteiger partial charge on any atom is -0.389 e. The number of aromatic nitrogens is 2. The molecular weight excluding hydrogens is 338 g/mol. The van der Waals surface area contributed by atoms with Crippen molar-refractivity contribution >= 4 is 22.9 Å². The molecule has 1 aromatic carbocycles. The maximum absolute atomic E-state index is 12.1. The molecule has 0 spiro atoms. The first-order chi connectivity index (χ1) is 11.6. The van der Waals surface area contributed by atoms with E-state index in [1.54, 1.807) is 25.1 Å². The fourth-order valence-corrected chi connectivity index (χ4v) is 2.78. The highest BCUT2D eigenvalue weighted by molar-refractivity contribution is 7.78.